The van der Waals surface area contributed by atoms with Crippen LogP contribution in [0.3, 0.4) is 0 Å². The number of hydrogen-bond donors (Lipinski definition) is 1. The lowest BCUT2D eigenvalue weighted by atomic mass is 10.1. The summed E-state index contributed by atoms with van der Waals surface area (Å²) in [4.78, 5) is 16.2. The Morgan fingerprint density at radius 2 is 1.95 bits per heavy atom. The van der Waals surface area contributed by atoms with Crippen molar-refractivity contribution in [3.8, 4) is 0 Å². The van der Waals surface area contributed by atoms with Crippen molar-refractivity contribution < 1.29 is 4.79 Å². The number of aryl methyl sites for hydroxylation is 2. The summed E-state index contributed by atoms with van der Waals surface area (Å²) in [5.74, 6) is -0.100. The Morgan fingerprint density at radius 1 is 1.20 bits per heavy atom. The summed E-state index contributed by atoms with van der Waals surface area (Å²) < 4.78 is 0. The minimum Gasteiger partial charge on any atom is -0.322 e. The van der Waals surface area contributed by atoms with Gasteiger partial charge in [-0.15, -0.1) is 0 Å². The Labute approximate surface area is 120 Å². The van der Waals surface area contributed by atoms with E-state index in [-0.39, 0.29) is 5.91 Å². The summed E-state index contributed by atoms with van der Waals surface area (Å²) in [6.07, 6.45) is 5.13. The van der Waals surface area contributed by atoms with Crippen LogP contribution >= 0.6 is 0 Å². The molecule has 104 valence electrons. The number of benzene rings is 1. The standard InChI is InChI=1S/C17H20N2O/c1-3-4-5-14-6-8-16(9-7-14)19-17(20)15-10-11-18-13(2)12-15/h6-12H,3-5H2,1-2H3,(H,19,20). The third kappa shape index (κ3) is 3.92. The van der Waals surface area contributed by atoms with Crippen molar-refractivity contribution in [1.82, 2.24) is 4.98 Å². The highest BCUT2D eigenvalue weighted by Gasteiger charge is 2.06. The molecule has 0 atom stereocenters. The van der Waals surface area contributed by atoms with Crippen molar-refractivity contribution in [3.05, 3.63) is 59.4 Å². The van der Waals surface area contributed by atoms with Crippen molar-refractivity contribution in [2.45, 2.75) is 33.1 Å². The van der Waals surface area contributed by atoms with E-state index < -0.39 is 0 Å². The maximum absolute atomic E-state index is 12.1. The summed E-state index contributed by atoms with van der Waals surface area (Å²) in [5, 5.41) is 2.90. The number of nitrogens with one attached hydrogen (secondary N) is 1. The molecule has 0 fully saturated rings. The molecule has 2 aromatic rings. The summed E-state index contributed by atoms with van der Waals surface area (Å²) in [7, 11) is 0. The van der Waals surface area contributed by atoms with E-state index in [1.165, 1.54) is 18.4 Å². The number of hydrogen-bond acceptors (Lipinski definition) is 2. The van der Waals surface area contributed by atoms with Gasteiger partial charge >= 0.3 is 0 Å². The molecule has 1 aromatic carbocycles. The monoisotopic (exact) mass is 268 g/mol. The predicted octanol–water partition coefficient (Wildman–Crippen LogP) is 3.98. The third-order valence-corrected chi connectivity index (χ3v) is 3.19. The zero-order valence-electron chi connectivity index (χ0n) is 12.0. The molecule has 2 rings (SSSR count). The number of anilines is 1. The number of rotatable bonds is 5. The Balaban J connectivity index is 2.01. The van der Waals surface area contributed by atoms with Gasteiger partial charge in [-0.05, 0) is 49.6 Å². The highest BCUT2D eigenvalue weighted by molar-refractivity contribution is 6.04. The molecular formula is C17H20N2O. The molecule has 0 unspecified atom stereocenters. The average Bonchev–Trinajstić information content (AvgIpc) is 2.46. The molecule has 0 bridgehead atoms. The van der Waals surface area contributed by atoms with E-state index in [1.54, 1.807) is 18.3 Å². The molecule has 0 saturated carbocycles. The van der Waals surface area contributed by atoms with E-state index in [9.17, 15) is 4.79 Å². The first-order valence-electron chi connectivity index (χ1n) is 7.02. The number of carbonyl (C=O) groups excluding carboxylic acids is 1. The first-order valence-corrected chi connectivity index (χ1v) is 7.02. The fourth-order valence-corrected chi connectivity index (χ4v) is 2.03. The van der Waals surface area contributed by atoms with Crippen LogP contribution in [0, 0.1) is 6.92 Å². The van der Waals surface area contributed by atoms with Gasteiger partial charge in [-0.3, -0.25) is 9.78 Å². The number of pyridine rings is 1. The van der Waals surface area contributed by atoms with Crippen LogP contribution in [0.15, 0.2) is 42.6 Å². The summed E-state index contributed by atoms with van der Waals surface area (Å²) in [6, 6.07) is 11.6. The number of unbranched alkanes of at least 4 members (excludes halogenated alkanes) is 1. The second kappa shape index (κ2) is 6.85. The van der Waals surface area contributed by atoms with Gasteiger partial charge in [-0.1, -0.05) is 25.5 Å². The molecule has 0 aliphatic heterocycles. The maximum Gasteiger partial charge on any atom is 0.255 e. The van der Waals surface area contributed by atoms with Crippen LogP contribution in [-0.4, -0.2) is 10.9 Å². The number of aromatic nitrogens is 1. The molecule has 0 saturated heterocycles. The smallest absolute Gasteiger partial charge is 0.255 e. The van der Waals surface area contributed by atoms with Crippen molar-refractivity contribution >= 4 is 11.6 Å². The zero-order chi connectivity index (χ0) is 14.4. The largest absolute Gasteiger partial charge is 0.322 e. The second-order valence-corrected chi connectivity index (χ2v) is 4.94. The fourth-order valence-electron chi connectivity index (χ4n) is 2.03. The Hall–Kier alpha value is -2.16. The van der Waals surface area contributed by atoms with Gasteiger partial charge in [0.1, 0.15) is 0 Å². The van der Waals surface area contributed by atoms with Crippen molar-refractivity contribution in [3.63, 3.8) is 0 Å². The highest BCUT2D eigenvalue weighted by Crippen LogP contribution is 2.13. The van der Waals surface area contributed by atoms with Crippen LogP contribution in [-0.2, 0) is 6.42 Å². The van der Waals surface area contributed by atoms with Crippen LogP contribution in [0.25, 0.3) is 0 Å². The lowest BCUT2D eigenvalue weighted by Gasteiger charge is -2.07. The first kappa shape index (κ1) is 14.3. The number of carbonyl (C=O) groups is 1. The van der Waals surface area contributed by atoms with E-state index in [0.29, 0.717) is 5.56 Å². The van der Waals surface area contributed by atoms with Gasteiger partial charge < -0.3 is 5.32 Å². The molecule has 3 nitrogen and oxygen atoms in total. The zero-order valence-corrected chi connectivity index (χ0v) is 12.0. The third-order valence-electron chi connectivity index (χ3n) is 3.19. The molecule has 0 aliphatic carbocycles. The quantitative estimate of drug-likeness (QED) is 0.891. The Kier molecular flexibility index (Phi) is 4.88. The van der Waals surface area contributed by atoms with Gasteiger partial charge in [-0.25, -0.2) is 0 Å². The first-order chi connectivity index (χ1) is 9.69. The van der Waals surface area contributed by atoms with Crippen LogP contribution in [0.4, 0.5) is 5.69 Å². The maximum atomic E-state index is 12.1. The van der Waals surface area contributed by atoms with E-state index >= 15 is 0 Å². The fraction of sp³-hybridized carbons (Fsp3) is 0.294. The van der Waals surface area contributed by atoms with Gasteiger partial charge in [0.2, 0.25) is 0 Å². The van der Waals surface area contributed by atoms with Crippen LogP contribution in [0.2, 0.25) is 0 Å². The van der Waals surface area contributed by atoms with Crippen LogP contribution < -0.4 is 5.32 Å². The van der Waals surface area contributed by atoms with E-state index in [4.69, 9.17) is 0 Å². The van der Waals surface area contributed by atoms with Gasteiger partial charge in [0, 0.05) is 23.1 Å². The number of nitrogens with zero attached hydrogens (tertiary/aromatic N) is 1. The van der Waals surface area contributed by atoms with E-state index in [1.807, 2.05) is 19.1 Å². The van der Waals surface area contributed by atoms with E-state index in [0.717, 1.165) is 17.8 Å². The minimum absolute atomic E-state index is 0.100. The topological polar surface area (TPSA) is 42.0 Å². The normalized spacial score (nSPS) is 10.3. The molecule has 20 heavy (non-hydrogen) atoms. The second-order valence-electron chi connectivity index (χ2n) is 4.94. The molecule has 1 N–H and O–H groups in total. The molecule has 1 amide bonds. The SMILES string of the molecule is CCCCc1ccc(NC(=O)c2ccnc(C)c2)cc1. The van der Waals surface area contributed by atoms with Gasteiger partial charge in [0.15, 0.2) is 0 Å². The minimum atomic E-state index is -0.100. The van der Waals surface area contributed by atoms with Gasteiger partial charge in [-0.2, -0.15) is 0 Å². The van der Waals surface area contributed by atoms with Crippen LogP contribution in [0.1, 0.15) is 41.4 Å². The molecule has 0 radical (unpaired) electrons. The summed E-state index contributed by atoms with van der Waals surface area (Å²) in [6.45, 7) is 4.06. The highest BCUT2D eigenvalue weighted by atomic mass is 16.1. The van der Waals surface area contributed by atoms with Crippen molar-refractivity contribution in [2.24, 2.45) is 0 Å². The van der Waals surface area contributed by atoms with Gasteiger partial charge in [0.05, 0.1) is 0 Å². The van der Waals surface area contributed by atoms with Gasteiger partial charge in [0.25, 0.3) is 5.91 Å². The van der Waals surface area contributed by atoms with Crippen LogP contribution in [0.5, 0.6) is 0 Å². The summed E-state index contributed by atoms with van der Waals surface area (Å²) in [5.41, 5.74) is 3.61. The average molecular weight is 268 g/mol. The molecule has 1 heterocycles. The summed E-state index contributed by atoms with van der Waals surface area (Å²) >= 11 is 0. The van der Waals surface area contributed by atoms with E-state index in [2.05, 4.69) is 29.4 Å². The molecular weight excluding hydrogens is 248 g/mol. The van der Waals surface area contributed by atoms with Crippen molar-refractivity contribution in [2.75, 3.05) is 5.32 Å². The van der Waals surface area contributed by atoms with Crippen molar-refractivity contribution in [1.29, 1.82) is 0 Å². The molecule has 0 aliphatic rings. The lowest BCUT2D eigenvalue weighted by molar-refractivity contribution is 0.102. The molecule has 0 spiro atoms. The predicted molar refractivity (Wildman–Crippen MR) is 82.0 cm³/mol. The lowest BCUT2D eigenvalue weighted by Crippen LogP contribution is -2.12. The molecule has 1 aromatic heterocycles. The molecule has 3 heteroatoms. The Bertz CT molecular complexity index is 576. The number of amides is 1. The Morgan fingerprint density at radius 3 is 2.60 bits per heavy atom.